The van der Waals surface area contributed by atoms with E-state index in [9.17, 15) is 0 Å². The summed E-state index contributed by atoms with van der Waals surface area (Å²) in [6.07, 6.45) is 3.72. The van der Waals surface area contributed by atoms with Crippen LogP contribution in [0.25, 0.3) is 120 Å². The highest BCUT2D eigenvalue weighted by Gasteiger charge is 2.21. The number of nitrogens with zero attached hydrogens (tertiary/aromatic N) is 4. The minimum absolute atomic E-state index is 0.925. The molecule has 0 unspecified atom stereocenters. The van der Waals surface area contributed by atoms with Crippen molar-refractivity contribution in [1.82, 2.24) is 19.9 Å². The van der Waals surface area contributed by atoms with Gasteiger partial charge < -0.3 is 0 Å². The average molecular weight is 659 g/mol. The quantitative estimate of drug-likeness (QED) is 0.137. The Bertz CT molecular complexity index is 3240. The molecule has 0 atom stereocenters. The van der Waals surface area contributed by atoms with Crippen LogP contribution in [0.3, 0.4) is 0 Å². The zero-order chi connectivity index (χ0) is 33.9. The van der Waals surface area contributed by atoms with Gasteiger partial charge in [0.05, 0.1) is 33.1 Å². The van der Waals surface area contributed by atoms with E-state index in [4.69, 9.17) is 19.9 Å². The van der Waals surface area contributed by atoms with E-state index in [-0.39, 0.29) is 0 Å². The van der Waals surface area contributed by atoms with Crippen molar-refractivity contribution in [2.24, 2.45) is 0 Å². The highest BCUT2D eigenvalue weighted by molar-refractivity contribution is 6.31. The van der Waals surface area contributed by atoms with E-state index < -0.39 is 0 Å². The van der Waals surface area contributed by atoms with Crippen molar-refractivity contribution in [3.8, 4) is 22.3 Å². The van der Waals surface area contributed by atoms with Gasteiger partial charge in [0.25, 0.3) is 0 Å². The third-order valence-electron chi connectivity index (χ3n) is 11.0. The van der Waals surface area contributed by atoms with E-state index in [0.717, 1.165) is 65.4 Å². The summed E-state index contributed by atoms with van der Waals surface area (Å²) in [5, 5.41) is 14.1. The van der Waals surface area contributed by atoms with Gasteiger partial charge in [-0.3, -0.25) is 9.97 Å². The smallest absolute Gasteiger partial charge is 0.0978 e. The lowest BCUT2D eigenvalue weighted by molar-refractivity contribution is 1.40. The molecule has 0 aliphatic carbocycles. The normalized spacial score (nSPS) is 12.2. The molecule has 0 aliphatic rings. The van der Waals surface area contributed by atoms with Crippen molar-refractivity contribution in [2.45, 2.75) is 0 Å². The highest BCUT2D eigenvalue weighted by atomic mass is 14.8. The molecule has 0 aliphatic heterocycles. The molecule has 4 heterocycles. The van der Waals surface area contributed by atoms with Crippen LogP contribution in [0.4, 0.5) is 0 Å². The van der Waals surface area contributed by atoms with Crippen molar-refractivity contribution in [3.05, 3.63) is 158 Å². The van der Waals surface area contributed by atoms with Crippen molar-refractivity contribution in [1.29, 1.82) is 0 Å². The lowest BCUT2D eigenvalue weighted by Crippen LogP contribution is -1.94. The maximum Gasteiger partial charge on any atom is 0.0978 e. The van der Waals surface area contributed by atoms with Crippen molar-refractivity contribution in [2.75, 3.05) is 0 Å². The summed E-state index contributed by atoms with van der Waals surface area (Å²) in [4.78, 5) is 20.0. The Morgan fingerprint density at radius 3 is 1.21 bits per heavy atom. The first-order chi connectivity index (χ1) is 25.8. The first-order valence-corrected chi connectivity index (χ1v) is 17.6. The van der Waals surface area contributed by atoms with Crippen molar-refractivity contribution >= 4 is 97.7 Å². The molecule has 12 aromatic rings. The molecular formula is C48H26N4. The predicted molar refractivity (Wildman–Crippen MR) is 217 cm³/mol. The fourth-order valence-electron chi connectivity index (χ4n) is 8.80. The van der Waals surface area contributed by atoms with Crippen LogP contribution in [-0.2, 0) is 0 Å². The molecule has 0 radical (unpaired) electrons. The SMILES string of the molecule is c1cnc2c(c1)ccc1c(-c3ccc4ccc5c(-c6c7ccccc7nc7c6ccc6cccnc67)ccc6ccc3c4c65)c3ccccc3nc12. The van der Waals surface area contributed by atoms with Gasteiger partial charge in [-0.2, -0.15) is 0 Å². The van der Waals surface area contributed by atoms with Crippen molar-refractivity contribution in [3.63, 3.8) is 0 Å². The van der Waals surface area contributed by atoms with Gasteiger partial charge in [0, 0.05) is 55.8 Å². The fraction of sp³-hybridized carbons (Fsp3) is 0. The molecule has 4 heteroatoms. The van der Waals surface area contributed by atoms with Gasteiger partial charge in [-0.05, 0) is 67.7 Å². The Morgan fingerprint density at radius 1 is 0.288 bits per heavy atom. The number of benzene rings is 8. The van der Waals surface area contributed by atoms with Crippen LogP contribution < -0.4 is 0 Å². The molecule has 4 nitrogen and oxygen atoms in total. The van der Waals surface area contributed by atoms with Crippen LogP contribution in [0.1, 0.15) is 0 Å². The lowest BCUT2D eigenvalue weighted by atomic mass is 9.85. The topological polar surface area (TPSA) is 51.6 Å². The largest absolute Gasteiger partial charge is 0.254 e. The second-order valence-electron chi connectivity index (χ2n) is 13.7. The van der Waals surface area contributed by atoms with Crippen molar-refractivity contribution < 1.29 is 0 Å². The Kier molecular flexibility index (Phi) is 5.47. The molecule has 0 saturated carbocycles. The van der Waals surface area contributed by atoms with E-state index >= 15 is 0 Å². The summed E-state index contributed by atoms with van der Waals surface area (Å²) in [6.45, 7) is 0. The van der Waals surface area contributed by atoms with E-state index in [2.05, 4.69) is 133 Å². The number of hydrogen-bond donors (Lipinski definition) is 0. The van der Waals surface area contributed by atoms with Gasteiger partial charge in [-0.15, -0.1) is 0 Å². The monoisotopic (exact) mass is 658 g/mol. The van der Waals surface area contributed by atoms with Gasteiger partial charge in [-0.25, -0.2) is 9.97 Å². The van der Waals surface area contributed by atoms with Gasteiger partial charge in [-0.1, -0.05) is 121 Å². The zero-order valence-corrected chi connectivity index (χ0v) is 27.8. The molecule has 52 heavy (non-hydrogen) atoms. The first-order valence-electron chi connectivity index (χ1n) is 17.6. The summed E-state index contributed by atoms with van der Waals surface area (Å²) in [6, 6.07) is 52.4. The molecule has 238 valence electrons. The summed E-state index contributed by atoms with van der Waals surface area (Å²) < 4.78 is 0. The van der Waals surface area contributed by atoms with Crippen LogP contribution in [0, 0.1) is 0 Å². The molecule has 8 aromatic carbocycles. The fourth-order valence-corrected chi connectivity index (χ4v) is 8.80. The Labute approximate surface area is 297 Å². The number of hydrogen-bond acceptors (Lipinski definition) is 4. The van der Waals surface area contributed by atoms with Gasteiger partial charge >= 0.3 is 0 Å². The standard InChI is InChI=1S/C48H26N4/c1-3-11-39-35(9-1)43(37-23-17-29-7-5-25-49-45(29)47(37)51-39)33-21-15-27-14-20-32-34(22-16-28-13-19-31(33)41(27)42(28)32)44-36-10-2-4-12-40(36)52-48-38(44)24-18-30-8-6-26-50-46(30)48/h1-26H. The number of pyridine rings is 4. The summed E-state index contributed by atoms with van der Waals surface area (Å²) in [5.74, 6) is 0. The average Bonchev–Trinajstić information content (AvgIpc) is 3.21. The second kappa shape index (κ2) is 10.3. The Hall–Kier alpha value is -7.04. The Morgan fingerprint density at radius 2 is 0.712 bits per heavy atom. The van der Waals surface area contributed by atoms with Gasteiger partial charge in [0.2, 0.25) is 0 Å². The summed E-state index contributed by atoms with van der Waals surface area (Å²) in [5.41, 5.74) is 10.4. The van der Waals surface area contributed by atoms with Crippen LogP contribution in [0.2, 0.25) is 0 Å². The molecule has 0 N–H and O–H groups in total. The summed E-state index contributed by atoms with van der Waals surface area (Å²) in [7, 11) is 0. The molecule has 0 spiro atoms. The molecule has 12 rings (SSSR count). The lowest BCUT2D eigenvalue weighted by Gasteiger charge is -2.19. The first kappa shape index (κ1) is 27.7. The molecule has 0 fully saturated rings. The Balaban J connectivity index is 1.21. The van der Waals surface area contributed by atoms with E-state index in [0.29, 0.717) is 0 Å². The molecule has 0 bridgehead atoms. The number of aromatic nitrogens is 4. The van der Waals surface area contributed by atoms with Crippen LogP contribution >= 0.6 is 0 Å². The van der Waals surface area contributed by atoms with E-state index in [1.807, 2.05) is 24.5 Å². The van der Waals surface area contributed by atoms with E-state index in [1.54, 1.807) is 0 Å². The zero-order valence-electron chi connectivity index (χ0n) is 27.8. The van der Waals surface area contributed by atoms with Gasteiger partial charge in [0.15, 0.2) is 0 Å². The number of rotatable bonds is 2. The third-order valence-corrected chi connectivity index (χ3v) is 11.0. The molecular weight excluding hydrogens is 633 g/mol. The minimum atomic E-state index is 0.925. The predicted octanol–water partition coefficient (Wildman–Crippen LogP) is 12.4. The summed E-state index contributed by atoms with van der Waals surface area (Å²) >= 11 is 0. The maximum atomic E-state index is 5.20. The number of fused-ring (bicyclic) bond motifs is 8. The second-order valence-corrected chi connectivity index (χ2v) is 13.7. The minimum Gasteiger partial charge on any atom is -0.254 e. The molecule has 4 aromatic heterocycles. The van der Waals surface area contributed by atoms with Crippen LogP contribution in [-0.4, -0.2) is 19.9 Å². The third kappa shape index (κ3) is 3.70. The molecule has 0 amide bonds. The number of para-hydroxylation sites is 2. The maximum absolute atomic E-state index is 5.20. The highest BCUT2D eigenvalue weighted by Crippen LogP contribution is 2.47. The van der Waals surface area contributed by atoms with E-state index in [1.165, 1.54) is 54.6 Å². The molecule has 0 saturated heterocycles. The van der Waals surface area contributed by atoms with Crippen LogP contribution in [0.15, 0.2) is 158 Å². The van der Waals surface area contributed by atoms with Gasteiger partial charge in [0.1, 0.15) is 0 Å². The van der Waals surface area contributed by atoms with Crippen LogP contribution in [0.5, 0.6) is 0 Å².